The maximum absolute atomic E-state index is 12.1. The second-order valence-corrected chi connectivity index (χ2v) is 5.57. The lowest BCUT2D eigenvalue weighted by atomic mass is 9.77. The average Bonchev–Trinajstić information content (AvgIpc) is 2.43. The minimum Gasteiger partial charge on any atom is -0.480 e. The largest absolute Gasteiger partial charge is 0.480 e. The standard InChI is InChI=1S/C16H21NO4/c1-21-16(8-5-9-16)11-14(18)17-13(15(19)20)10-12-6-3-2-4-7-12/h2-4,6-7,13H,5,8-11H2,1H3,(H,17,18)(H,19,20)/t13-/m1/s1. The van der Waals surface area contributed by atoms with Gasteiger partial charge in [0.25, 0.3) is 0 Å². The van der Waals surface area contributed by atoms with Crippen LogP contribution in [0.3, 0.4) is 0 Å². The van der Waals surface area contributed by atoms with Crippen LogP contribution in [-0.4, -0.2) is 35.7 Å². The summed E-state index contributed by atoms with van der Waals surface area (Å²) in [5.41, 5.74) is 0.496. The van der Waals surface area contributed by atoms with Crippen molar-refractivity contribution in [1.82, 2.24) is 5.32 Å². The highest BCUT2D eigenvalue weighted by Crippen LogP contribution is 2.37. The molecule has 1 atom stereocenters. The number of carboxylic acids is 1. The quantitative estimate of drug-likeness (QED) is 0.802. The molecule has 0 bridgehead atoms. The highest BCUT2D eigenvalue weighted by molar-refractivity contribution is 5.84. The maximum Gasteiger partial charge on any atom is 0.326 e. The molecule has 0 heterocycles. The summed E-state index contributed by atoms with van der Waals surface area (Å²) in [5.74, 6) is -1.29. The van der Waals surface area contributed by atoms with Gasteiger partial charge in [0.05, 0.1) is 12.0 Å². The molecule has 1 aliphatic rings. The molecule has 0 unspecified atom stereocenters. The number of hydrogen-bond donors (Lipinski definition) is 2. The van der Waals surface area contributed by atoms with Crippen LogP contribution in [0.5, 0.6) is 0 Å². The van der Waals surface area contributed by atoms with Crippen LogP contribution in [0.1, 0.15) is 31.2 Å². The number of hydrogen-bond acceptors (Lipinski definition) is 3. The van der Waals surface area contributed by atoms with E-state index in [1.54, 1.807) is 7.11 Å². The Labute approximate surface area is 124 Å². The number of ether oxygens (including phenoxy) is 1. The Balaban J connectivity index is 1.93. The van der Waals surface area contributed by atoms with Crippen LogP contribution in [-0.2, 0) is 20.7 Å². The minimum absolute atomic E-state index is 0.224. The molecule has 1 aromatic carbocycles. The van der Waals surface area contributed by atoms with Crippen LogP contribution in [0.15, 0.2) is 30.3 Å². The first-order valence-corrected chi connectivity index (χ1v) is 7.16. The SMILES string of the molecule is COC1(CC(=O)N[C@H](Cc2ccccc2)C(=O)O)CCC1. The van der Waals surface area contributed by atoms with E-state index in [0.717, 1.165) is 24.8 Å². The third-order valence-corrected chi connectivity index (χ3v) is 4.10. The summed E-state index contributed by atoms with van der Waals surface area (Å²) < 4.78 is 5.40. The van der Waals surface area contributed by atoms with Gasteiger partial charge in [0.15, 0.2) is 0 Å². The van der Waals surface area contributed by atoms with Crippen molar-refractivity contribution in [1.29, 1.82) is 0 Å². The van der Waals surface area contributed by atoms with Gasteiger partial charge in [-0.2, -0.15) is 0 Å². The van der Waals surface area contributed by atoms with Gasteiger partial charge >= 0.3 is 5.97 Å². The molecule has 114 valence electrons. The van der Waals surface area contributed by atoms with Gasteiger partial charge in [0, 0.05) is 13.5 Å². The van der Waals surface area contributed by atoms with E-state index >= 15 is 0 Å². The van der Waals surface area contributed by atoms with Crippen LogP contribution in [0, 0.1) is 0 Å². The normalized spacial score (nSPS) is 17.6. The summed E-state index contributed by atoms with van der Waals surface area (Å²) in [7, 11) is 1.60. The number of rotatable bonds is 7. The Morgan fingerprint density at radius 2 is 2.00 bits per heavy atom. The molecule has 21 heavy (non-hydrogen) atoms. The van der Waals surface area contributed by atoms with Crippen LogP contribution < -0.4 is 5.32 Å². The number of nitrogens with one attached hydrogen (secondary N) is 1. The lowest BCUT2D eigenvalue weighted by Crippen LogP contribution is -2.48. The molecule has 5 heteroatoms. The number of carbonyl (C=O) groups is 2. The second-order valence-electron chi connectivity index (χ2n) is 5.57. The van der Waals surface area contributed by atoms with Crippen molar-refractivity contribution >= 4 is 11.9 Å². The van der Waals surface area contributed by atoms with Crippen molar-refractivity contribution in [2.75, 3.05) is 7.11 Å². The van der Waals surface area contributed by atoms with Crippen molar-refractivity contribution in [2.45, 2.75) is 43.7 Å². The molecular weight excluding hydrogens is 270 g/mol. The first-order valence-electron chi connectivity index (χ1n) is 7.16. The van der Waals surface area contributed by atoms with Crippen molar-refractivity contribution in [2.24, 2.45) is 0 Å². The monoisotopic (exact) mass is 291 g/mol. The van der Waals surface area contributed by atoms with E-state index in [2.05, 4.69) is 5.32 Å². The lowest BCUT2D eigenvalue weighted by Gasteiger charge is -2.40. The van der Waals surface area contributed by atoms with Crippen LogP contribution in [0.25, 0.3) is 0 Å². The molecule has 1 amide bonds. The van der Waals surface area contributed by atoms with Crippen molar-refractivity contribution in [3.63, 3.8) is 0 Å². The van der Waals surface area contributed by atoms with Crippen LogP contribution in [0.4, 0.5) is 0 Å². The summed E-state index contributed by atoms with van der Waals surface area (Å²) in [4.78, 5) is 23.4. The first-order chi connectivity index (χ1) is 10.0. The molecule has 0 spiro atoms. The smallest absolute Gasteiger partial charge is 0.326 e. The summed E-state index contributed by atoms with van der Waals surface area (Å²) in [6.45, 7) is 0. The van der Waals surface area contributed by atoms with Crippen LogP contribution in [0.2, 0.25) is 0 Å². The summed E-state index contributed by atoms with van der Waals surface area (Å²) in [6, 6.07) is 8.37. The Hall–Kier alpha value is -1.88. The lowest BCUT2D eigenvalue weighted by molar-refractivity contribution is -0.144. The first kappa shape index (κ1) is 15.5. The second kappa shape index (κ2) is 6.72. The summed E-state index contributed by atoms with van der Waals surface area (Å²) in [6.07, 6.45) is 3.26. The van der Waals surface area contributed by atoms with E-state index in [1.807, 2.05) is 30.3 Å². The number of methoxy groups -OCH3 is 1. The zero-order chi connectivity index (χ0) is 15.3. The Bertz CT molecular complexity index is 491. The third kappa shape index (κ3) is 4.04. The van der Waals surface area contributed by atoms with Crippen LogP contribution >= 0.6 is 0 Å². The molecular formula is C16H21NO4. The summed E-state index contributed by atoms with van der Waals surface area (Å²) >= 11 is 0. The Kier molecular flexibility index (Phi) is 4.96. The minimum atomic E-state index is -1.02. The molecule has 5 nitrogen and oxygen atoms in total. The van der Waals surface area contributed by atoms with E-state index in [1.165, 1.54) is 0 Å². The topological polar surface area (TPSA) is 75.6 Å². The molecule has 0 saturated heterocycles. The van der Waals surface area contributed by atoms with Crippen molar-refractivity contribution in [3.8, 4) is 0 Å². The molecule has 0 aliphatic heterocycles. The summed E-state index contributed by atoms with van der Waals surface area (Å²) in [5, 5.41) is 11.9. The van der Waals surface area contributed by atoms with Gasteiger partial charge in [0.1, 0.15) is 6.04 Å². The van der Waals surface area contributed by atoms with Gasteiger partial charge in [0.2, 0.25) is 5.91 Å². The number of carbonyl (C=O) groups excluding carboxylic acids is 1. The van der Waals surface area contributed by atoms with E-state index < -0.39 is 12.0 Å². The number of amides is 1. The predicted molar refractivity (Wildman–Crippen MR) is 77.9 cm³/mol. The van der Waals surface area contributed by atoms with E-state index in [0.29, 0.717) is 0 Å². The number of aliphatic carboxylic acids is 1. The van der Waals surface area contributed by atoms with Gasteiger partial charge in [-0.25, -0.2) is 4.79 Å². The predicted octanol–water partition coefficient (Wildman–Crippen LogP) is 1.76. The van der Waals surface area contributed by atoms with E-state index in [4.69, 9.17) is 4.74 Å². The maximum atomic E-state index is 12.1. The Morgan fingerprint density at radius 1 is 1.33 bits per heavy atom. The zero-order valence-electron chi connectivity index (χ0n) is 12.2. The molecule has 1 aliphatic carbocycles. The van der Waals surface area contributed by atoms with Crippen molar-refractivity contribution < 1.29 is 19.4 Å². The average molecular weight is 291 g/mol. The number of carboxylic acid groups (broad SMARTS) is 1. The fourth-order valence-electron chi connectivity index (χ4n) is 2.61. The fraction of sp³-hybridized carbons (Fsp3) is 0.500. The van der Waals surface area contributed by atoms with Gasteiger partial charge in [-0.3, -0.25) is 4.79 Å². The molecule has 2 rings (SSSR count). The van der Waals surface area contributed by atoms with Crippen molar-refractivity contribution in [3.05, 3.63) is 35.9 Å². The van der Waals surface area contributed by atoms with Gasteiger partial charge in [-0.05, 0) is 24.8 Å². The van der Waals surface area contributed by atoms with E-state index in [9.17, 15) is 14.7 Å². The van der Waals surface area contributed by atoms with Gasteiger partial charge < -0.3 is 15.2 Å². The Morgan fingerprint density at radius 3 is 2.48 bits per heavy atom. The molecule has 0 radical (unpaired) electrons. The molecule has 1 saturated carbocycles. The molecule has 1 fully saturated rings. The molecule has 0 aromatic heterocycles. The molecule has 1 aromatic rings. The number of benzene rings is 1. The van der Waals surface area contributed by atoms with E-state index in [-0.39, 0.29) is 24.3 Å². The fourth-order valence-corrected chi connectivity index (χ4v) is 2.61. The zero-order valence-corrected chi connectivity index (χ0v) is 12.2. The highest BCUT2D eigenvalue weighted by Gasteiger charge is 2.39. The highest BCUT2D eigenvalue weighted by atomic mass is 16.5. The van der Waals surface area contributed by atoms with Gasteiger partial charge in [-0.15, -0.1) is 0 Å². The molecule has 2 N–H and O–H groups in total. The van der Waals surface area contributed by atoms with Gasteiger partial charge in [-0.1, -0.05) is 30.3 Å². The third-order valence-electron chi connectivity index (χ3n) is 4.10.